The van der Waals surface area contributed by atoms with Crippen molar-refractivity contribution in [3.8, 4) is 27.9 Å². The standard InChI is InChI=1S/C52H34N2S/c1-2-14-40(15-3-1)53(41-28-24-36(25-29-41)39-23-22-35-12-4-5-13-38(35)32-39)42-30-26-37(27-31-42)47-33-43(34-48-46-18-8-11-21-51(46)55-52(47)48)54-49-19-9-6-16-44(49)45-17-7-10-20-50(45)54/h1-34H. The molecule has 0 saturated heterocycles. The molecule has 258 valence electrons. The lowest BCUT2D eigenvalue weighted by Gasteiger charge is -2.26. The van der Waals surface area contributed by atoms with Gasteiger partial charge in [0, 0.05) is 59.3 Å². The van der Waals surface area contributed by atoms with Crippen molar-refractivity contribution in [2.45, 2.75) is 0 Å². The number of hydrogen-bond acceptors (Lipinski definition) is 2. The van der Waals surface area contributed by atoms with Gasteiger partial charge in [0.25, 0.3) is 0 Å². The number of aromatic nitrogens is 1. The summed E-state index contributed by atoms with van der Waals surface area (Å²) in [7, 11) is 0. The summed E-state index contributed by atoms with van der Waals surface area (Å²) in [4.78, 5) is 2.34. The Morgan fingerprint density at radius 1 is 0.364 bits per heavy atom. The molecule has 0 aliphatic heterocycles. The maximum absolute atomic E-state index is 2.44. The fraction of sp³-hybridized carbons (Fsp3) is 0. The van der Waals surface area contributed by atoms with Crippen LogP contribution in [0.1, 0.15) is 0 Å². The van der Waals surface area contributed by atoms with Crippen LogP contribution < -0.4 is 4.90 Å². The number of hydrogen-bond donors (Lipinski definition) is 0. The average Bonchev–Trinajstić information content (AvgIpc) is 3.80. The number of rotatable bonds is 6. The summed E-state index contributed by atoms with van der Waals surface area (Å²) in [5.41, 5.74) is 11.8. The molecular weight excluding hydrogens is 685 g/mol. The molecule has 0 aliphatic rings. The molecule has 0 bridgehead atoms. The first-order valence-corrected chi connectivity index (χ1v) is 19.6. The molecule has 0 aliphatic carbocycles. The maximum atomic E-state index is 2.44. The zero-order valence-electron chi connectivity index (χ0n) is 29.9. The van der Waals surface area contributed by atoms with E-state index < -0.39 is 0 Å². The van der Waals surface area contributed by atoms with Crippen LogP contribution in [-0.4, -0.2) is 4.57 Å². The number of nitrogens with zero attached hydrogens (tertiary/aromatic N) is 2. The minimum atomic E-state index is 1.11. The van der Waals surface area contributed by atoms with Crippen molar-refractivity contribution in [2.75, 3.05) is 4.90 Å². The Labute approximate surface area is 323 Å². The third-order valence-electron chi connectivity index (χ3n) is 11.0. The second-order valence-corrected chi connectivity index (χ2v) is 15.2. The minimum absolute atomic E-state index is 1.11. The highest BCUT2D eigenvalue weighted by Crippen LogP contribution is 2.44. The molecule has 55 heavy (non-hydrogen) atoms. The van der Waals surface area contributed by atoms with Gasteiger partial charge in [-0.2, -0.15) is 0 Å². The summed E-state index contributed by atoms with van der Waals surface area (Å²) in [6.07, 6.45) is 0. The van der Waals surface area contributed by atoms with E-state index in [2.05, 4.69) is 216 Å². The van der Waals surface area contributed by atoms with Gasteiger partial charge in [-0.05, 0) is 100 Å². The Hall–Kier alpha value is -6.94. The summed E-state index contributed by atoms with van der Waals surface area (Å²) >= 11 is 1.88. The summed E-state index contributed by atoms with van der Waals surface area (Å²) in [5.74, 6) is 0. The van der Waals surface area contributed by atoms with Gasteiger partial charge in [0.2, 0.25) is 0 Å². The van der Waals surface area contributed by atoms with Crippen molar-refractivity contribution in [3.05, 3.63) is 206 Å². The summed E-state index contributed by atoms with van der Waals surface area (Å²) in [6.45, 7) is 0. The van der Waals surface area contributed by atoms with Crippen LogP contribution in [0.15, 0.2) is 206 Å². The molecule has 3 heteroatoms. The van der Waals surface area contributed by atoms with Gasteiger partial charge in [-0.3, -0.25) is 0 Å². The van der Waals surface area contributed by atoms with E-state index in [1.165, 1.54) is 80.7 Å². The van der Waals surface area contributed by atoms with E-state index in [0.29, 0.717) is 0 Å². The first-order valence-electron chi connectivity index (χ1n) is 18.8. The van der Waals surface area contributed by atoms with Crippen molar-refractivity contribution in [1.82, 2.24) is 4.57 Å². The van der Waals surface area contributed by atoms with Gasteiger partial charge in [0.15, 0.2) is 0 Å². The van der Waals surface area contributed by atoms with Crippen LogP contribution in [0.3, 0.4) is 0 Å². The van der Waals surface area contributed by atoms with Gasteiger partial charge < -0.3 is 9.47 Å². The van der Waals surface area contributed by atoms with Crippen LogP contribution in [0.5, 0.6) is 0 Å². The summed E-state index contributed by atoms with van der Waals surface area (Å²) < 4.78 is 5.05. The number of benzene rings is 9. The van der Waals surface area contributed by atoms with Crippen LogP contribution in [-0.2, 0) is 0 Å². The van der Waals surface area contributed by atoms with Crippen LogP contribution in [0.25, 0.3) is 80.7 Å². The molecule has 0 fully saturated rings. The van der Waals surface area contributed by atoms with E-state index in [1.807, 2.05) is 11.3 Å². The van der Waals surface area contributed by atoms with E-state index in [1.54, 1.807) is 0 Å². The van der Waals surface area contributed by atoms with Crippen molar-refractivity contribution >= 4 is 81.1 Å². The molecule has 2 aromatic heterocycles. The molecule has 0 saturated carbocycles. The predicted octanol–water partition coefficient (Wildman–Crippen LogP) is 15.1. The van der Waals surface area contributed by atoms with Crippen molar-refractivity contribution in [1.29, 1.82) is 0 Å². The monoisotopic (exact) mass is 718 g/mol. The van der Waals surface area contributed by atoms with Crippen LogP contribution >= 0.6 is 11.3 Å². The lowest BCUT2D eigenvalue weighted by atomic mass is 10.00. The van der Waals surface area contributed by atoms with Gasteiger partial charge >= 0.3 is 0 Å². The quantitative estimate of drug-likeness (QED) is 0.166. The minimum Gasteiger partial charge on any atom is -0.311 e. The molecule has 2 nitrogen and oxygen atoms in total. The van der Waals surface area contributed by atoms with E-state index in [4.69, 9.17) is 0 Å². The number of anilines is 3. The van der Waals surface area contributed by atoms with Crippen molar-refractivity contribution < 1.29 is 0 Å². The van der Waals surface area contributed by atoms with Gasteiger partial charge in [0.05, 0.1) is 11.0 Å². The Bertz CT molecular complexity index is 3140. The second-order valence-electron chi connectivity index (χ2n) is 14.2. The lowest BCUT2D eigenvalue weighted by Crippen LogP contribution is -2.09. The molecule has 0 radical (unpaired) electrons. The molecule has 0 spiro atoms. The lowest BCUT2D eigenvalue weighted by molar-refractivity contribution is 1.19. The molecule has 2 heterocycles. The average molecular weight is 719 g/mol. The van der Waals surface area contributed by atoms with Gasteiger partial charge in [-0.1, -0.05) is 133 Å². The fourth-order valence-electron chi connectivity index (χ4n) is 8.34. The fourth-order valence-corrected chi connectivity index (χ4v) is 9.56. The Morgan fingerprint density at radius 2 is 0.909 bits per heavy atom. The predicted molar refractivity (Wildman–Crippen MR) is 237 cm³/mol. The van der Waals surface area contributed by atoms with Gasteiger partial charge in [-0.25, -0.2) is 0 Å². The summed E-state index contributed by atoms with van der Waals surface area (Å²) in [6, 6.07) is 75.1. The smallest absolute Gasteiger partial charge is 0.0541 e. The number of para-hydroxylation sites is 3. The highest BCUT2D eigenvalue weighted by atomic mass is 32.1. The van der Waals surface area contributed by atoms with Crippen LogP contribution in [0, 0.1) is 0 Å². The van der Waals surface area contributed by atoms with E-state index in [0.717, 1.165) is 17.1 Å². The first kappa shape index (κ1) is 31.6. The SMILES string of the molecule is c1ccc(N(c2ccc(-c3ccc4ccccc4c3)cc2)c2ccc(-c3cc(-n4c5ccccc5c5ccccc54)cc4c3sc3ccccc34)cc2)cc1. The highest BCUT2D eigenvalue weighted by Gasteiger charge is 2.18. The molecule has 0 amide bonds. The molecule has 0 atom stereocenters. The zero-order valence-corrected chi connectivity index (χ0v) is 30.7. The Balaban J connectivity index is 1.04. The van der Waals surface area contributed by atoms with Crippen LogP contribution in [0.2, 0.25) is 0 Å². The Morgan fingerprint density at radius 3 is 1.62 bits per heavy atom. The van der Waals surface area contributed by atoms with E-state index in [9.17, 15) is 0 Å². The van der Waals surface area contributed by atoms with Gasteiger partial charge in [-0.15, -0.1) is 11.3 Å². The van der Waals surface area contributed by atoms with Gasteiger partial charge in [0.1, 0.15) is 0 Å². The molecule has 0 unspecified atom stereocenters. The van der Waals surface area contributed by atoms with Crippen LogP contribution in [0.4, 0.5) is 17.1 Å². The van der Waals surface area contributed by atoms with Crippen molar-refractivity contribution in [3.63, 3.8) is 0 Å². The molecule has 11 rings (SSSR count). The summed E-state index contributed by atoms with van der Waals surface area (Å²) in [5, 5.41) is 7.63. The van der Waals surface area contributed by atoms with E-state index in [-0.39, 0.29) is 0 Å². The maximum Gasteiger partial charge on any atom is 0.0541 e. The topological polar surface area (TPSA) is 8.17 Å². The third-order valence-corrected chi connectivity index (χ3v) is 12.2. The van der Waals surface area contributed by atoms with Crippen molar-refractivity contribution in [2.24, 2.45) is 0 Å². The third kappa shape index (κ3) is 5.32. The Kier molecular flexibility index (Phi) is 7.39. The molecule has 0 N–H and O–H groups in total. The molecule has 11 aromatic rings. The van der Waals surface area contributed by atoms with E-state index >= 15 is 0 Å². The number of thiophene rings is 1. The second kappa shape index (κ2) is 12.9. The largest absolute Gasteiger partial charge is 0.311 e. The highest BCUT2D eigenvalue weighted by molar-refractivity contribution is 7.26. The molecular formula is C52H34N2S. The number of fused-ring (bicyclic) bond motifs is 7. The first-order chi connectivity index (χ1) is 27.3. The molecule has 9 aromatic carbocycles. The zero-order chi connectivity index (χ0) is 36.3. The normalized spacial score (nSPS) is 11.6.